The van der Waals surface area contributed by atoms with Crippen LogP contribution in [0.3, 0.4) is 0 Å². The van der Waals surface area contributed by atoms with Gasteiger partial charge in [-0.05, 0) is 54.9 Å². The maximum absolute atomic E-state index is 13.9. The fourth-order valence-corrected chi connectivity index (χ4v) is 6.74. The lowest BCUT2D eigenvalue weighted by molar-refractivity contribution is -0.132. The summed E-state index contributed by atoms with van der Waals surface area (Å²) in [5.41, 5.74) is 4.80. The van der Waals surface area contributed by atoms with E-state index in [4.69, 9.17) is 4.98 Å². The van der Waals surface area contributed by atoms with Crippen molar-refractivity contribution in [2.24, 2.45) is 0 Å². The van der Waals surface area contributed by atoms with Crippen LogP contribution >= 0.6 is 24.4 Å². The number of thiol groups is 1. The Hall–Kier alpha value is -2.55. The molecule has 2 saturated carbocycles. The molecule has 1 amide bonds. The number of hydrogen-bond donors (Lipinski definition) is 2. The van der Waals surface area contributed by atoms with Crippen molar-refractivity contribution in [2.75, 3.05) is 13.1 Å². The predicted octanol–water partition coefficient (Wildman–Crippen LogP) is 5.11. The van der Waals surface area contributed by atoms with Crippen LogP contribution in [-0.2, 0) is 24.3 Å². The first-order valence-corrected chi connectivity index (χ1v) is 15.1. The largest absolute Gasteiger partial charge is 0.338 e. The summed E-state index contributed by atoms with van der Waals surface area (Å²) >= 11 is 6.33. The number of para-hydroxylation sites is 1. The Kier molecular flexibility index (Phi) is 7.63. The third-order valence-electron chi connectivity index (χ3n) is 7.87. The minimum atomic E-state index is -0.0800. The molecule has 6 nitrogen and oxygen atoms in total. The molecule has 1 aromatic heterocycles. The topological polar surface area (TPSA) is 67.2 Å². The SMILES string of the molecule is O=C(CCNCc1ccc(C2CC2)cc1)N1CCc2nc(SC3CCC3)n(-c3ccccc3S)c(=O)c2C1. The van der Waals surface area contributed by atoms with Crippen LogP contribution < -0.4 is 10.9 Å². The third-order valence-corrected chi connectivity index (χ3v) is 9.54. The average Bonchev–Trinajstić information content (AvgIpc) is 3.75. The number of nitrogens with one attached hydrogen (secondary N) is 1. The van der Waals surface area contributed by atoms with Gasteiger partial charge in [-0.25, -0.2) is 4.98 Å². The number of hydrogen-bond acceptors (Lipinski definition) is 6. The Balaban J connectivity index is 1.13. The van der Waals surface area contributed by atoms with Gasteiger partial charge in [0.25, 0.3) is 5.56 Å². The lowest BCUT2D eigenvalue weighted by atomic mass is 10.0. The van der Waals surface area contributed by atoms with E-state index in [1.165, 1.54) is 30.4 Å². The van der Waals surface area contributed by atoms with Gasteiger partial charge in [-0.2, -0.15) is 0 Å². The van der Waals surface area contributed by atoms with Crippen LogP contribution in [0.15, 0.2) is 63.4 Å². The molecular formula is C30H34N4O2S2. The maximum atomic E-state index is 13.9. The number of carbonyl (C=O) groups is 1. The second kappa shape index (κ2) is 11.3. The van der Waals surface area contributed by atoms with Crippen molar-refractivity contribution in [2.45, 2.75) is 79.3 Å². The number of carbonyl (C=O) groups excluding carboxylic acids is 1. The molecule has 3 aliphatic rings. The smallest absolute Gasteiger partial charge is 0.264 e. The molecular weight excluding hydrogens is 512 g/mol. The van der Waals surface area contributed by atoms with E-state index < -0.39 is 0 Å². The zero-order valence-corrected chi connectivity index (χ0v) is 23.3. The average molecular weight is 547 g/mol. The van der Waals surface area contributed by atoms with Crippen LogP contribution in [0.1, 0.15) is 66.8 Å². The van der Waals surface area contributed by atoms with Crippen LogP contribution in [0, 0.1) is 0 Å². The molecule has 2 fully saturated rings. The number of aromatic nitrogens is 2. The second-order valence-corrected chi connectivity index (χ2v) is 12.4. The highest BCUT2D eigenvalue weighted by Gasteiger charge is 2.29. The Labute approximate surface area is 233 Å². The number of amides is 1. The number of fused-ring (bicyclic) bond motifs is 1. The van der Waals surface area contributed by atoms with Crippen molar-refractivity contribution >= 4 is 30.3 Å². The summed E-state index contributed by atoms with van der Waals surface area (Å²) in [6.07, 6.45) is 7.19. The molecule has 1 N–H and O–H groups in total. The van der Waals surface area contributed by atoms with Crippen molar-refractivity contribution in [1.29, 1.82) is 0 Å². The highest BCUT2D eigenvalue weighted by Crippen LogP contribution is 2.40. The van der Waals surface area contributed by atoms with Crippen molar-refractivity contribution in [3.63, 3.8) is 0 Å². The van der Waals surface area contributed by atoms with Gasteiger partial charge in [0.1, 0.15) is 0 Å². The van der Waals surface area contributed by atoms with Gasteiger partial charge in [0.15, 0.2) is 5.16 Å². The molecule has 1 aliphatic heterocycles. The minimum Gasteiger partial charge on any atom is -0.338 e. The van der Waals surface area contributed by atoms with Gasteiger partial charge in [-0.1, -0.05) is 54.6 Å². The summed E-state index contributed by atoms with van der Waals surface area (Å²) in [5.74, 6) is 0.838. The normalized spacial score (nSPS) is 17.2. The molecule has 0 saturated heterocycles. The number of benzene rings is 2. The zero-order valence-electron chi connectivity index (χ0n) is 21.6. The van der Waals surface area contributed by atoms with E-state index in [2.05, 4.69) is 42.2 Å². The van der Waals surface area contributed by atoms with Gasteiger partial charge in [0.2, 0.25) is 5.91 Å². The third kappa shape index (κ3) is 5.58. The van der Waals surface area contributed by atoms with Crippen molar-refractivity contribution in [3.8, 4) is 5.69 Å². The lowest BCUT2D eigenvalue weighted by Crippen LogP contribution is -2.42. The summed E-state index contributed by atoms with van der Waals surface area (Å²) in [4.78, 5) is 34.5. The summed E-state index contributed by atoms with van der Waals surface area (Å²) in [7, 11) is 0. The first-order valence-electron chi connectivity index (χ1n) is 13.7. The first-order chi connectivity index (χ1) is 18.6. The van der Waals surface area contributed by atoms with Crippen molar-refractivity contribution < 1.29 is 4.79 Å². The Morgan fingerprint density at radius 2 is 1.87 bits per heavy atom. The minimum absolute atomic E-state index is 0.0701. The van der Waals surface area contributed by atoms with E-state index in [9.17, 15) is 9.59 Å². The molecule has 0 unspecified atom stereocenters. The Bertz CT molecular complexity index is 1380. The fraction of sp³-hybridized carbons (Fsp3) is 0.433. The van der Waals surface area contributed by atoms with Crippen LogP contribution in [0.25, 0.3) is 5.69 Å². The fourth-order valence-electron chi connectivity index (χ4n) is 5.16. The van der Waals surface area contributed by atoms with E-state index in [-0.39, 0.29) is 11.5 Å². The summed E-state index contributed by atoms with van der Waals surface area (Å²) < 4.78 is 1.72. The molecule has 198 valence electrons. The zero-order chi connectivity index (χ0) is 26.1. The van der Waals surface area contributed by atoms with Gasteiger partial charge in [-0.3, -0.25) is 14.2 Å². The predicted molar refractivity (Wildman–Crippen MR) is 154 cm³/mol. The van der Waals surface area contributed by atoms with E-state index in [1.54, 1.807) is 16.3 Å². The quantitative estimate of drug-likeness (QED) is 0.222. The molecule has 0 radical (unpaired) electrons. The standard InChI is InChI=1S/C30H34N4O2S2/c35-28(14-16-31-18-20-8-10-21(11-9-20)22-12-13-22)33-17-15-25-24(19-33)29(36)34(26-6-1-2-7-27(26)37)30(32-25)38-23-4-3-5-23/h1-2,6-11,22-23,31,37H,3-5,12-19H2. The maximum Gasteiger partial charge on any atom is 0.264 e. The molecule has 0 bridgehead atoms. The van der Waals surface area contributed by atoms with Crippen LogP contribution in [0.2, 0.25) is 0 Å². The number of thioether (sulfide) groups is 1. The monoisotopic (exact) mass is 546 g/mol. The van der Waals surface area contributed by atoms with E-state index >= 15 is 0 Å². The first kappa shape index (κ1) is 25.7. The number of nitrogens with zero attached hydrogens (tertiary/aromatic N) is 3. The molecule has 3 aromatic rings. The molecule has 8 heteroatoms. The van der Waals surface area contributed by atoms with Gasteiger partial charge >= 0.3 is 0 Å². The number of rotatable bonds is 9. The Morgan fingerprint density at radius 3 is 2.58 bits per heavy atom. The van der Waals surface area contributed by atoms with Gasteiger partial charge in [-0.15, -0.1) is 12.6 Å². The van der Waals surface area contributed by atoms with Crippen LogP contribution in [-0.4, -0.2) is 38.7 Å². The van der Waals surface area contributed by atoms with Gasteiger partial charge in [0.05, 0.1) is 23.5 Å². The van der Waals surface area contributed by atoms with Crippen LogP contribution in [0.5, 0.6) is 0 Å². The van der Waals surface area contributed by atoms with E-state index in [1.807, 2.05) is 29.2 Å². The van der Waals surface area contributed by atoms with Crippen LogP contribution in [0.4, 0.5) is 0 Å². The molecule has 2 aromatic carbocycles. The molecule has 2 aliphatic carbocycles. The highest BCUT2D eigenvalue weighted by molar-refractivity contribution is 7.99. The molecule has 38 heavy (non-hydrogen) atoms. The summed E-state index contributed by atoms with van der Waals surface area (Å²) in [6, 6.07) is 16.5. The molecule has 0 atom stereocenters. The van der Waals surface area contributed by atoms with E-state index in [0.29, 0.717) is 43.3 Å². The van der Waals surface area contributed by atoms with Crippen molar-refractivity contribution in [1.82, 2.24) is 19.8 Å². The van der Waals surface area contributed by atoms with E-state index in [0.717, 1.165) is 46.7 Å². The van der Waals surface area contributed by atoms with Gasteiger partial charge < -0.3 is 10.2 Å². The van der Waals surface area contributed by atoms with Crippen molar-refractivity contribution in [3.05, 3.63) is 81.3 Å². The summed E-state index contributed by atoms with van der Waals surface area (Å²) in [6.45, 7) is 2.27. The lowest BCUT2D eigenvalue weighted by Gasteiger charge is -2.30. The molecule has 0 spiro atoms. The van der Waals surface area contributed by atoms with Gasteiger partial charge in [0, 0.05) is 42.6 Å². The molecule has 6 rings (SSSR count). The highest BCUT2D eigenvalue weighted by atomic mass is 32.2. The molecule has 2 heterocycles. The summed E-state index contributed by atoms with van der Waals surface area (Å²) in [5, 5.41) is 4.65. The Morgan fingerprint density at radius 1 is 1.08 bits per heavy atom. The second-order valence-electron chi connectivity index (χ2n) is 10.6.